The number of pyridine rings is 1. The molecule has 1 N–H and O–H groups in total. The lowest BCUT2D eigenvalue weighted by molar-refractivity contribution is 0.211. The summed E-state index contributed by atoms with van der Waals surface area (Å²) >= 11 is 0. The van der Waals surface area contributed by atoms with Crippen LogP contribution < -0.4 is 5.32 Å². The summed E-state index contributed by atoms with van der Waals surface area (Å²) in [5.41, 5.74) is 1.15. The van der Waals surface area contributed by atoms with E-state index in [-0.39, 0.29) is 0 Å². The molecule has 3 nitrogen and oxygen atoms in total. The first-order valence-corrected chi connectivity index (χ1v) is 7.44. The molecule has 0 fully saturated rings. The Labute approximate surface area is 118 Å². The van der Waals surface area contributed by atoms with Crippen LogP contribution >= 0.6 is 0 Å². The summed E-state index contributed by atoms with van der Waals surface area (Å²) in [7, 11) is 2.20. The zero-order valence-electron chi connectivity index (χ0n) is 12.9. The van der Waals surface area contributed by atoms with Crippen LogP contribution in [-0.2, 0) is 6.54 Å². The topological polar surface area (TPSA) is 28.2 Å². The number of nitrogens with one attached hydrogen (secondary N) is 1. The fraction of sp³-hybridized carbons (Fsp3) is 0.688. The molecule has 1 heterocycles. The maximum Gasteiger partial charge on any atom is 0.0543 e. The molecule has 0 aliphatic heterocycles. The predicted molar refractivity (Wildman–Crippen MR) is 82.1 cm³/mol. The van der Waals surface area contributed by atoms with E-state index in [2.05, 4.69) is 55.2 Å². The van der Waals surface area contributed by atoms with Crippen molar-refractivity contribution in [3.8, 4) is 0 Å². The molecule has 0 radical (unpaired) electrons. The SMILES string of the molecule is CCCC(CNCC(C)C)N(C)Cc1ccccn1. The van der Waals surface area contributed by atoms with Crippen LogP contribution in [0.25, 0.3) is 0 Å². The van der Waals surface area contributed by atoms with E-state index < -0.39 is 0 Å². The van der Waals surface area contributed by atoms with E-state index in [0.717, 1.165) is 25.3 Å². The normalized spacial score (nSPS) is 13.2. The van der Waals surface area contributed by atoms with Crippen molar-refractivity contribution in [3.63, 3.8) is 0 Å². The van der Waals surface area contributed by atoms with Gasteiger partial charge in [-0.2, -0.15) is 0 Å². The van der Waals surface area contributed by atoms with Gasteiger partial charge in [0.2, 0.25) is 0 Å². The molecule has 1 aromatic heterocycles. The van der Waals surface area contributed by atoms with Crippen molar-refractivity contribution in [2.45, 2.75) is 46.2 Å². The van der Waals surface area contributed by atoms with Crippen LogP contribution in [0.2, 0.25) is 0 Å². The van der Waals surface area contributed by atoms with E-state index in [4.69, 9.17) is 0 Å². The molecule has 0 saturated carbocycles. The average molecular weight is 263 g/mol. The number of likely N-dealkylation sites (N-methyl/N-ethyl adjacent to an activating group) is 1. The third kappa shape index (κ3) is 6.69. The standard InChI is InChI=1S/C16H29N3/c1-5-8-16(12-17-11-14(2)3)19(4)13-15-9-6-7-10-18-15/h6-7,9-10,14,16-17H,5,8,11-13H2,1-4H3. The van der Waals surface area contributed by atoms with E-state index in [1.54, 1.807) is 0 Å². The summed E-state index contributed by atoms with van der Waals surface area (Å²) in [5, 5.41) is 3.57. The van der Waals surface area contributed by atoms with Crippen LogP contribution in [0.5, 0.6) is 0 Å². The molecule has 108 valence electrons. The van der Waals surface area contributed by atoms with Crippen molar-refractivity contribution in [1.82, 2.24) is 15.2 Å². The lowest BCUT2D eigenvalue weighted by Gasteiger charge is -2.28. The van der Waals surface area contributed by atoms with Gasteiger partial charge in [-0.05, 0) is 38.1 Å². The van der Waals surface area contributed by atoms with Crippen LogP contribution in [0.4, 0.5) is 0 Å². The molecule has 0 saturated heterocycles. The van der Waals surface area contributed by atoms with Gasteiger partial charge in [-0.1, -0.05) is 33.3 Å². The minimum Gasteiger partial charge on any atom is -0.315 e. The zero-order chi connectivity index (χ0) is 14.1. The highest BCUT2D eigenvalue weighted by Crippen LogP contribution is 2.08. The maximum absolute atomic E-state index is 4.41. The van der Waals surface area contributed by atoms with Crippen LogP contribution in [0.3, 0.4) is 0 Å². The quantitative estimate of drug-likeness (QED) is 0.742. The minimum atomic E-state index is 0.589. The Kier molecular flexibility index (Phi) is 7.68. The molecule has 0 aromatic carbocycles. The fourth-order valence-corrected chi connectivity index (χ4v) is 2.23. The average Bonchev–Trinajstić information content (AvgIpc) is 2.38. The third-order valence-electron chi connectivity index (χ3n) is 3.32. The Balaban J connectivity index is 2.45. The van der Waals surface area contributed by atoms with E-state index >= 15 is 0 Å². The maximum atomic E-state index is 4.41. The molecule has 0 aliphatic carbocycles. The molecule has 3 heteroatoms. The highest BCUT2D eigenvalue weighted by Gasteiger charge is 2.14. The Bertz CT molecular complexity index is 324. The number of hydrogen-bond acceptors (Lipinski definition) is 3. The van der Waals surface area contributed by atoms with E-state index in [1.807, 2.05) is 12.3 Å². The van der Waals surface area contributed by atoms with Gasteiger partial charge in [-0.25, -0.2) is 0 Å². The van der Waals surface area contributed by atoms with E-state index in [9.17, 15) is 0 Å². The molecular formula is C16H29N3. The smallest absolute Gasteiger partial charge is 0.0543 e. The summed E-state index contributed by atoms with van der Waals surface area (Å²) in [5.74, 6) is 0.711. The summed E-state index contributed by atoms with van der Waals surface area (Å²) in [4.78, 5) is 6.82. The molecule has 19 heavy (non-hydrogen) atoms. The van der Waals surface area contributed by atoms with Gasteiger partial charge in [0.1, 0.15) is 0 Å². The Hall–Kier alpha value is -0.930. The number of aromatic nitrogens is 1. The highest BCUT2D eigenvalue weighted by molar-refractivity contribution is 5.03. The first-order valence-electron chi connectivity index (χ1n) is 7.44. The van der Waals surface area contributed by atoms with E-state index in [0.29, 0.717) is 12.0 Å². The first-order chi connectivity index (χ1) is 9.13. The molecule has 0 aliphatic rings. The van der Waals surface area contributed by atoms with Crippen LogP contribution in [-0.4, -0.2) is 36.1 Å². The molecule has 1 aromatic rings. The molecule has 0 spiro atoms. The number of nitrogens with zero attached hydrogens (tertiary/aromatic N) is 2. The highest BCUT2D eigenvalue weighted by atomic mass is 15.2. The Morgan fingerprint density at radius 1 is 1.26 bits per heavy atom. The van der Waals surface area contributed by atoms with Crippen molar-refractivity contribution >= 4 is 0 Å². The Morgan fingerprint density at radius 3 is 2.63 bits per heavy atom. The van der Waals surface area contributed by atoms with Gasteiger partial charge in [-0.15, -0.1) is 0 Å². The van der Waals surface area contributed by atoms with Crippen molar-refractivity contribution in [3.05, 3.63) is 30.1 Å². The van der Waals surface area contributed by atoms with Gasteiger partial charge in [0.05, 0.1) is 5.69 Å². The van der Waals surface area contributed by atoms with Crippen LogP contribution in [0.1, 0.15) is 39.3 Å². The molecular weight excluding hydrogens is 234 g/mol. The van der Waals surface area contributed by atoms with E-state index in [1.165, 1.54) is 12.8 Å². The Morgan fingerprint density at radius 2 is 2.05 bits per heavy atom. The van der Waals surface area contributed by atoms with Gasteiger partial charge in [0, 0.05) is 25.3 Å². The molecule has 1 unspecified atom stereocenters. The summed E-state index contributed by atoms with van der Waals surface area (Å²) in [6.45, 7) is 9.84. The van der Waals surface area contributed by atoms with Gasteiger partial charge in [0.15, 0.2) is 0 Å². The lowest BCUT2D eigenvalue weighted by atomic mass is 10.1. The second-order valence-electron chi connectivity index (χ2n) is 5.73. The second kappa shape index (κ2) is 9.05. The monoisotopic (exact) mass is 263 g/mol. The summed E-state index contributed by atoms with van der Waals surface area (Å²) in [6.07, 6.45) is 4.32. The van der Waals surface area contributed by atoms with Gasteiger partial charge in [-0.3, -0.25) is 9.88 Å². The van der Waals surface area contributed by atoms with Crippen molar-refractivity contribution in [1.29, 1.82) is 0 Å². The fourth-order valence-electron chi connectivity index (χ4n) is 2.23. The lowest BCUT2D eigenvalue weighted by Crippen LogP contribution is -2.40. The minimum absolute atomic E-state index is 0.589. The van der Waals surface area contributed by atoms with Gasteiger partial charge >= 0.3 is 0 Å². The van der Waals surface area contributed by atoms with Crippen molar-refractivity contribution in [2.75, 3.05) is 20.1 Å². The second-order valence-corrected chi connectivity index (χ2v) is 5.73. The molecule has 0 bridgehead atoms. The number of hydrogen-bond donors (Lipinski definition) is 1. The molecule has 1 rings (SSSR count). The van der Waals surface area contributed by atoms with Crippen molar-refractivity contribution < 1.29 is 0 Å². The number of rotatable bonds is 9. The largest absolute Gasteiger partial charge is 0.315 e. The van der Waals surface area contributed by atoms with Crippen LogP contribution in [0, 0.1) is 5.92 Å². The molecule has 1 atom stereocenters. The first kappa shape index (κ1) is 16.1. The predicted octanol–water partition coefficient (Wildman–Crippen LogP) is 2.93. The zero-order valence-corrected chi connectivity index (χ0v) is 12.9. The van der Waals surface area contributed by atoms with Gasteiger partial charge < -0.3 is 5.32 Å². The molecule has 0 amide bonds. The van der Waals surface area contributed by atoms with Gasteiger partial charge in [0.25, 0.3) is 0 Å². The van der Waals surface area contributed by atoms with Crippen LogP contribution in [0.15, 0.2) is 24.4 Å². The third-order valence-corrected chi connectivity index (χ3v) is 3.32. The van der Waals surface area contributed by atoms with Crippen molar-refractivity contribution in [2.24, 2.45) is 5.92 Å². The summed E-state index contributed by atoms with van der Waals surface area (Å²) < 4.78 is 0. The summed E-state index contributed by atoms with van der Waals surface area (Å²) in [6, 6.07) is 6.71.